The summed E-state index contributed by atoms with van der Waals surface area (Å²) in [4.78, 5) is 15.4. The maximum Gasteiger partial charge on any atom is 0.224 e. The fraction of sp³-hybridized carbons (Fsp3) is 0.346. The maximum absolute atomic E-state index is 13.0. The Morgan fingerprint density at radius 3 is 2.44 bits per heavy atom. The molecule has 2 atom stereocenters. The average Bonchev–Trinajstić information content (AvgIpc) is 3.36. The monoisotopic (exact) mass is 434 g/mol. The van der Waals surface area contributed by atoms with E-state index in [1.807, 2.05) is 36.4 Å². The summed E-state index contributed by atoms with van der Waals surface area (Å²) in [7, 11) is 3.31. The Labute approximate surface area is 189 Å². The zero-order valence-corrected chi connectivity index (χ0v) is 18.6. The molecule has 1 aliphatic rings. The zero-order valence-electron chi connectivity index (χ0n) is 18.6. The number of likely N-dealkylation sites (tertiary alicyclic amines) is 1. The molecule has 2 heterocycles. The Bertz CT molecular complexity index is 982. The van der Waals surface area contributed by atoms with Crippen LogP contribution in [0.2, 0.25) is 0 Å². The van der Waals surface area contributed by atoms with Crippen molar-refractivity contribution in [2.75, 3.05) is 27.3 Å². The summed E-state index contributed by atoms with van der Waals surface area (Å²) in [6.45, 7) is 2.72. The molecule has 6 heteroatoms. The number of nitrogens with one attached hydrogen (secondary N) is 1. The van der Waals surface area contributed by atoms with Crippen LogP contribution >= 0.6 is 0 Å². The lowest BCUT2D eigenvalue weighted by atomic mass is 9.84. The predicted octanol–water partition coefficient (Wildman–Crippen LogP) is 4.22. The van der Waals surface area contributed by atoms with Gasteiger partial charge in [0.05, 0.1) is 32.9 Å². The number of amides is 1. The van der Waals surface area contributed by atoms with Gasteiger partial charge in [0.15, 0.2) is 0 Å². The van der Waals surface area contributed by atoms with Gasteiger partial charge in [-0.3, -0.25) is 9.69 Å². The van der Waals surface area contributed by atoms with E-state index in [-0.39, 0.29) is 17.7 Å². The Hall–Kier alpha value is -3.25. The van der Waals surface area contributed by atoms with Gasteiger partial charge >= 0.3 is 0 Å². The van der Waals surface area contributed by atoms with E-state index in [0.29, 0.717) is 13.1 Å². The summed E-state index contributed by atoms with van der Waals surface area (Å²) in [5, 5.41) is 3.05. The number of furan rings is 1. The van der Waals surface area contributed by atoms with E-state index in [1.54, 1.807) is 20.5 Å². The van der Waals surface area contributed by atoms with Crippen molar-refractivity contribution in [3.05, 3.63) is 83.8 Å². The van der Waals surface area contributed by atoms with Gasteiger partial charge in [0, 0.05) is 25.7 Å². The molecule has 0 radical (unpaired) electrons. The molecule has 0 spiro atoms. The Morgan fingerprint density at radius 1 is 1.03 bits per heavy atom. The topological polar surface area (TPSA) is 63.9 Å². The second kappa shape index (κ2) is 10.4. The van der Waals surface area contributed by atoms with Crippen molar-refractivity contribution < 1.29 is 18.7 Å². The summed E-state index contributed by atoms with van der Waals surface area (Å²) >= 11 is 0. The minimum absolute atomic E-state index is 0.0650. The van der Waals surface area contributed by atoms with Crippen molar-refractivity contribution in [3.8, 4) is 11.5 Å². The number of hydrogen-bond acceptors (Lipinski definition) is 5. The molecule has 168 valence electrons. The Kier molecular flexibility index (Phi) is 7.12. The molecule has 0 aliphatic carbocycles. The average molecular weight is 435 g/mol. The van der Waals surface area contributed by atoms with E-state index in [2.05, 4.69) is 34.5 Å². The van der Waals surface area contributed by atoms with Crippen LogP contribution in [-0.2, 0) is 17.9 Å². The number of rotatable bonds is 8. The van der Waals surface area contributed by atoms with Gasteiger partial charge in [0.1, 0.15) is 17.3 Å². The van der Waals surface area contributed by atoms with Crippen molar-refractivity contribution in [2.24, 2.45) is 5.92 Å². The fourth-order valence-corrected chi connectivity index (χ4v) is 4.42. The summed E-state index contributed by atoms with van der Waals surface area (Å²) in [6.07, 6.45) is 2.45. The molecular formula is C26H30N2O4. The summed E-state index contributed by atoms with van der Waals surface area (Å²) in [6, 6.07) is 20.1. The molecule has 1 aliphatic heterocycles. The normalized spacial score (nSPS) is 18.8. The molecule has 2 aromatic carbocycles. The maximum atomic E-state index is 13.0. The van der Waals surface area contributed by atoms with Crippen molar-refractivity contribution in [2.45, 2.75) is 25.4 Å². The van der Waals surface area contributed by atoms with Crippen LogP contribution in [0.5, 0.6) is 11.5 Å². The molecule has 1 saturated heterocycles. The first kappa shape index (κ1) is 22.0. The molecule has 4 rings (SSSR count). The minimum Gasteiger partial charge on any atom is -0.497 e. The number of nitrogens with zero attached hydrogens (tertiary/aromatic N) is 1. The van der Waals surface area contributed by atoms with Crippen LogP contribution < -0.4 is 14.8 Å². The quantitative estimate of drug-likeness (QED) is 0.575. The number of ether oxygens (including phenoxy) is 2. The van der Waals surface area contributed by atoms with E-state index in [1.165, 1.54) is 5.56 Å². The highest BCUT2D eigenvalue weighted by molar-refractivity contribution is 5.79. The van der Waals surface area contributed by atoms with Crippen molar-refractivity contribution in [3.63, 3.8) is 0 Å². The third-order valence-corrected chi connectivity index (χ3v) is 6.00. The van der Waals surface area contributed by atoms with E-state index < -0.39 is 0 Å². The van der Waals surface area contributed by atoms with E-state index in [0.717, 1.165) is 42.3 Å². The Balaban J connectivity index is 1.51. The van der Waals surface area contributed by atoms with Gasteiger partial charge in [0.2, 0.25) is 5.91 Å². The lowest BCUT2D eigenvalue weighted by molar-refractivity contribution is -0.127. The van der Waals surface area contributed by atoms with Gasteiger partial charge < -0.3 is 19.2 Å². The predicted molar refractivity (Wildman–Crippen MR) is 123 cm³/mol. The molecule has 1 amide bonds. The standard InChI is InChI=1S/C26H30N2O4/c1-30-24-11-19(12-25(14-24)31-2)16-28-17-21(20-7-4-3-5-8-20)13-22(18-28)26(29)27-15-23-9-6-10-32-23/h3-12,14,21-22H,13,15-18H2,1-2H3,(H,27,29). The smallest absolute Gasteiger partial charge is 0.224 e. The van der Waals surface area contributed by atoms with Crippen molar-refractivity contribution >= 4 is 5.91 Å². The van der Waals surface area contributed by atoms with E-state index in [9.17, 15) is 4.79 Å². The number of hydrogen-bond donors (Lipinski definition) is 1. The van der Waals surface area contributed by atoms with Crippen LogP contribution in [0.15, 0.2) is 71.3 Å². The molecule has 6 nitrogen and oxygen atoms in total. The molecule has 0 bridgehead atoms. The highest BCUT2D eigenvalue weighted by Gasteiger charge is 2.32. The molecule has 2 unspecified atom stereocenters. The molecule has 0 saturated carbocycles. The van der Waals surface area contributed by atoms with Crippen LogP contribution in [0.25, 0.3) is 0 Å². The molecule has 32 heavy (non-hydrogen) atoms. The summed E-state index contributed by atoms with van der Waals surface area (Å²) in [5.74, 6) is 2.55. The fourth-order valence-electron chi connectivity index (χ4n) is 4.42. The third-order valence-electron chi connectivity index (χ3n) is 6.00. The minimum atomic E-state index is -0.101. The lowest BCUT2D eigenvalue weighted by Crippen LogP contribution is -2.45. The number of carbonyl (C=O) groups is 1. The first-order valence-corrected chi connectivity index (χ1v) is 10.9. The van der Waals surface area contributed by atoms with Gasteiger partial charge in [-0.25, -0.2) is 0 Å². The molecule has 3 aromatic rings. The van der Waals surface area contributed by atoms with Crippen molar-refractivity contribution in [1.29, 1.82) is 0 Å². The molecule has 1 fully saturated rings. The van der Waals surface area contributed by atoms with Gasteiger partial charge in [0.25, 0.3) is 0 Å². The third kappa shape index (κ3) is 5.51. The zero-order chi connectivity index (χ0) is 22.3. The van der Waals surface area contributed by atoms with Crippen LogP contribution in [-0.4, -0.2) is 38.1 Å². The SMILES string of the molecule is COc1cc(CN2CC(C(=O)NCc3ccco3)CC(c3ccccc3)C2)cc(OC)c1. The number of benzene rings is 2. The second-order valence-corrected chi connectivity index (χ2v) is 8.25. The first-order chi connectivity index (χ1) is 15.6. The van der Waals surface area contributed by atoms with Crippen LogP contribution in [0.3, 0.4) is 0 Å². The second-order valence-electron chi connectivity index (χ2n) is 8.25. The van der Waals surface area contributed by atoms with E-state index in [4.69, 9.17) is 13.9 Å². The van der Waals surface area contributed by atoms with Crippen LogP contribution in [0, 0.1) is 5.92 Å². The molecule has 1 aromatic heterocycles. The van der Waals surface area contributed by atoms with Gasteiger partial charge in [-0.1, -0.05) is 30.3 Å². The van der Waals surface area contributed by atoms with Crippen LogP contribution in [0.1, 0.15) is 29.2 Å². The van der Waals surface area contributed by atoms with E-state index >= 15 is 0 Å². The highest BCUT2D eigenvalue weighted by Crippen LogP contribution is 2.32. The number of piperidine rings is 1. The highest BCUT2D eigenvalue weighted by atomic mass is 16.5. The summed E-state index contributed by atoms with van der Waals surface area (Å²) < 4.78 is 16.2. The van der Waals surface area contributed by atoms with Gasteiger partial charge in [-0.05, 0) is 47.7 Å². The van der Waals surface area contributed by atoms with Crippen molar-refractivity contribution in [1.82, 2.24) is 10.2 Å². The lowest BCUT2D eigenvalue weighted by Gasteiger charge is -2.37. The first-order valence-electron chi connectivity index (χ1n) is 10.9. The molecule has 1 N–H and O–H groups in total. The summed E-state index contributed by atoms with van der Waals surface area (Å²) in [5.41, 5.74) is 2.37. The molecular weight excluding hydrogens is 404 g/mol. The number of methoxy groups -OCH3 is 2. The van der Waals surface area contributed by atoms with Crippen LogP contribution in [0.4, 0.5) is 0 Å². The van der Waals surface area contributed by atoms with Gasteiger partial charge in [-0.2, -0.15) is 0 Å². The van der Waals surface area contributed by atoms with Gasteiger partial charge in [-0.15, -0.1) is 0 Å². The Morgan fingerprint density at radius 2 is 1.78 bits per heavy atom. The number of carbonyl (C=O) groups excluding carboxylic acids is 1. The largest absolute Gasteiger partial charge is 0.497 e.